The largest absolute Gasteiger partial charge is 0.477 e. The summed E-state index contributed by atoms with van der Waals surface area (Å²) >= 11 is 0. The molecule has 0 radical (unpaired) electrons. The minimum absolute atomic E-state index is 0.0649. The number of ether oxygens (including phenoxy) is 2. The zero-order chi connectivity index (χ0) is 25.1. The molecular formula is C25H44N4O4. The number of hydrogen-bond acceptors (Lipinski definition) is 6. The van der Waals surface area contributed by atoms with Gasteiger partial charge in [-0.15, -0.1) is 0 Å². The van der Waals surface area contributed by atoms with E-state index in [-0.39, 0.29) is 47.8 Å². The van der Waals surface area contributed by atoms with Crippen LogP contribution in [0.5, 0.6) is 0 Å². The van der Waals surface area contributed by atoms with E-state index in [1.807, 2.05) is 27.7 Å². The second-order valence-corrected chi connectivity index (χ2v) is 11.2. The van der Waals surface area contributed by atoms with Crippen molar-refractivity contribution in [3.63, 3.8) is 0 Å². The van der Waals surface area contributed by atoms with Crippen LogP contribution in [0.3, 0.4) is 0 Å². The Kier molecular flexibility index (Phi) is 8.94. The third kappa shape index (κ3) is 6.48. The van der Waals surface area contributed by atoms with Gasteiger partial charge in [0.2, 0.25) is 23.6 Å². The Labute approximate surface area is 199 Å². The quantitative estimate of drug-likeness (QED) is 0.485. The number of aliphatic imine (C=N–C) groups is 2. The molecule has 2 aliphatic heterocycles. The van der Waals surface area contributed by atoms with E-state index >= 15 is 0 Å². The fourth-order valence-electron chi connectivity index (χ4n) is 3.61. The highest BCUT2D eigenvalue weighted by Gasteiger charge is 2.42. The molecular weight excluding hydrogens is 420 g/mol. The Morgan fingerprint density at radius 2 is 1.09 bits per heavy atom. The van der Waals surface area contributed by atoms with Crippen molar-refractivity contribution in [2.24, 2.45) is 39.1 Å². The number of amides is 2. The molecule has 33 heavy (non-hydrogen) atoms. The average molecular weight is 465 g/mol. The number of nitrogens with zero attached hydrogens (tertiary/aromatic N) is 2. The lowest BCUT2D eigenvalue weighted by Gasteiger charge is -2.30. The monoisotopic (exact) mass is 464 g/mol. The number of carbonyl (C=O) groups is 2. The van der Waals surface area contributed by atoms with E-state index in [2.05, 4.69) is 48.3 Å². The molecule has 2 N–H and O–H groups in total. The first-order valence-corrected chi connectivity index (χ1v) is 12.3. The van der Waals surface area contributed by atoms with Gasteiger partial charge in [-0.25, -0.2) is 9.98 Å². The highest BCUT2D eigenvalue weighted by atomic mass is 16.5. The summed E-state index contributed by atoms with van der Waals surface area (Å²) in [5.74, 6) is 1.20. The van der Waals surface area contributed by atoms with Crippen molar-refractivity contribution in [2.75, 3.05) is 13.2 Å². The topological polar surface area (TPSA) is 101 Å². The fraction of sp³-hybridized carbons (Fsp3) is 0.840. The maximum absolute atomic E-state index is 13.3. The van der Waals surface area contributed by atoms with E-state index in [1.54, 1.807) is 13.8 Å². The van der Waals surface area contributed by atoms with Gasteiger partial charge in [0.25, 0.3) is 0 Å². The molecule has 4 atom stereocenters. The number of carbonyl (C=O) groups excluding carboxylic acids is 2. The zero-order valence-corrected chi connectivity index (χ0v) is 22.1. The van der Waals surface area contributed by atoms with Crippen LogP contribution < -0.4 is 10.6 Å². The van der Waals surface area contributed by atoms with Crippen LogP contribution in [0.2, 0.25) is 0 Å². The number of hydrogen-bond donors (Lipinski definition) is 2. The van der Waals surface area contributed by atoms with Gasteiger partial charge in [0.15, 0.2) is 0 Å². The van der Waals surface area contributed by atoms with E-state index in [0.717, 1.165) is 0 Å². The summed E-state index contributed by atoms with van der Waals surface area (Å²) in [4.78, 5) is 35.9. The lowest BCUT2D eigenvalue weighted by atomic mass is 9.88. The molecule has 0 aromatic carbocycles. The van der Waals surface area contributed by atoms with Crippen LogP contribution >= 0.6 is 0 Å². The Hall–Kier alpha value is -2.12. The average Bonchev–Trinajstić information content (AvgIpc) is 3.39. The van der Waals surface area contributed by atoms with Crippen molar-refractivity contribution >= 4 is 23.6 Å². The predicted molar refractivity (Wildman–Crippen MR) is 131 cm³/mol. The smallest absolute Gasteiger partial charge is 0.235 e. The molecule has 8 heteroatoms. The van der Waals surface area contributed by atoms with Crippen LogP contribution in [0.15, 0.2) is 9.98 Å². The molecule has 0 saturated heterocycles. The molecule has 2 heterocycles. The van der Waals surface area contributed by atoms with Crippen molar-refractivity contribution in [3.05, 3.63) is 0 Å². The van der Waals surface area contributed by atoms with Crippen molar-refractivity contribution in [3.8, 4) is 0 Å². The Morgan fingerprint density at radius 3 is 1.33 bits per heavy atom. The molecule has 0 aromatic rings. The van der Waals surface area contributed by atoms with Gasteiger partial charge >= 0.3 is 0 Å². The summed E-state index contributed by atoms with van der Waals surface area (Å²) in [5.41, 5.74) is -1.30. The maximum atomic E-state index is 13.3. The van der Waals surface area contributed by atoms with Crippen LogP contribution in [-0.2, 0) is 19.1 Å². The first kappa shape index (κ1) is 27.1. The third-order valence-corrected chi connectivity index (χ3v) is 6.50. The molecule has 2 amide bonds. The van der Waals surface area contributed by atoms with Gasteiger partial charge in [-0.2, -0.15) is 0 Å². The standard InChI is InChI=1S/C25H44N4O4/c1-13(2)17-11-32-21(26-17)19(15(5)6)28-23(30)25(9,10)24(31)29-20(16(7)8)22-27-18(12-33-22)14(3)4/h13-20H,11-12H2,1-10H3,(H,28,30)(H,29,31)/t17-,18-,19+,20+/m1/s1. The number of nitrogens with one attached hydrogen (secondary N) is 2. The molecule has 0 aromatic heterocycles. The summed E-state index contributed by atoms with van der Waals surface area (Å²) in [5, 5.41) is 6.03. The zero-order valence-electron chi connectivity index (χ0n) is 22.1. The summed E-state index contributed by atoms with van der Waals surface area (Å²) in [6.07, 6.45) is 0. The van der Waals surface area contributed by atoms with Crippen LogP contribution in [0.4, 0.5) is 0 Å². The van der Waals surface area contributed by atoms with E-state index in [1.165, 1.54) is 0 Å². The van der Waals surface area contributed by atoms with Gasteiger partial charge in [-0.05, 0) is 37.5 Å². The second kappa shape index (κ2) is 10.9. The normalized spacial score (nSPS) is 22.7. The van der Waals surface area contributed by atoms with Gasteiger partial charge in [-0.1, -0.05) is 55.4 Å². The Bertz CT molecular complexity index is 708. The summed E-state index contributed by atoms with van der Waals surface area (Å²) < 4.78 is 11.6. The van der Waals surface area contributed by atoms with Crippen LogP contribution in [-0.4, -0.2) is 61.0 Å². The van der Waals surface area contributed by atoms with Crippen LogP contribution in [0.1, 0.15) is 69.2 Å². The molecule has 188 valence electrons. The molecule has 8 nitrogen and oxygen atoms in total. The van der Waals surface area contributed by atoms with Gasteiger partial charge in [0.1, 0.15) is 30.7 Å². The molecule has 0 aliphatic carbocycles. The lowest BCUT2D eigenvalue weighted by molar-refractivity contribution is -0.142. The SMILES string of the molecule is CC(C)[C@H](NC(=O)C(C)(C)C(=O)N[C@H](C1=N[C@@H](C(C)C)CO1)C(C)C)C1=N[C@@H](C(C)C)CO1. The summed E-state index contributed by atoms with van der Waals surface area (Å²) in [6, 6.07) is -0.599. The van der Waals surface area contributed by atoms with Gasteiger partial charge in [0.05, 0.1) is 12.1 Å². The minimum Gasteiger partial charge on any atom is -0.477 e. The van der Waals surface area contributed by atoms with E-state index in [0.29, 0.717) is 36.8 Å². The predicted octanol–water partition coefficient (Wildman–Crippen LogP) is 3.20. The third-order valence-electron chi connectivity index (χ3n) is 6.50. The van der Waals surface area contributed by atoms with E-state index in [4.69, 9.17) is 9.47 Å². The van der Waals surface area contributed by atoms with Crippen molar-refractivity contribution in [1.29, 1.82) is 0 Å². The van der Waals surface area contributed by atoms with Crippen molar-refractivity contribution < 1.29 is 19.1 Å². The highest BCUT2D eigenvalue weighted by Crippen LogP contribution is 2.23. The molecule has 2 aliphatic rings. The molecule has 2 rings (SSSR count). The maximum Gasteiger partial charge on any atom is 0.235 e. The second-order valence-electron chi connectivity index (χ2n) is 11.2. The molecule has 0 spiro atoms. The number of rotatable bonds is 10. The molecule has 0 fully saturated rings. The fourth-order valence-corrected chi connectivity index (χ4v) is 3.61. The Balaban J connectivity index is 2.13. The Morgan fingerprint density at radius 1 is 0.758 bits per heavy atom. The highest BCUT2D eigenvalue weighted by molar-refractivity contribution is 6.06. The van der Waals surface area contributed by atoms with Crippen LogP contribution in [0.25, 0.3) is 0 Å². The van der Waals surface area contributed by atoms with Gasteiger partial charge < -0.3 is 20.1 Å². The van der Waals surface area contributed by atoms with Crippen molar-refractivity contribution in [2.45, 2.75) is 93.4 Å². The molecule has 0 bridgehead atoms. The minimum atomic E-state index is -1.30. The summed E-state index contributed by atoms with van der Waals surface area (Å²) in [6.45, 7) is 20.7. The molecule has 0 unspecified atom stereocenters. The summed E-state index contributed by atoms with van der Waals surface area (Å²) in [7, 11) is 0. The lowest BCUT2D eigenvalue weighted by Crippen LogP contribution is -2.56. The van der Waals surface area contributed by atoms with Crippen molar-refractivity contribution in [1.82, 2.24) is 10.6 Å². The van der Waals surface area contributed by atoms with E-state index < -0.39 is 5.41 Å². The van der Waals surface area contributed by atoms with Gasteiger partial charge in [-0.3, -0.25) is 9.59 Å². The first-order valence-electron chi connectivity index (χ1n) is 12.3. The van der Waals surface area contributed by atoms with Crippen LogP contribution in [0, 0.1) is 29.1 Å². The first-order chi connectivity index (χ1) is 15.2. The van der Waals surface area contributed by atoms with E-state index in [9.17, 15) is 9.59 Å². The van der Waals surface area contributed by atoms with Gasteiger partial charge in [0, 0.05) is 0 Å². The molecule has 0 saturated carbocycles.